The van der Waals surface area contributed by atoms with E-state index in [1.54, 1.807) is 0 Å². The van der Waals surface area contributed by atoms with Crippen molar-refractivity contribution in [1.82, 2.24) is 0 Å². The quantitative estimate of drug-likeness (QED) is 0.918. The van der Waals surface area contributed by atoms with Gasteiger partial charge >= 0.3 is 0 Å². The molecule has 1 atom stereocenters. The van der Waals surface area contributed by atoms with Gasteiger partial charge in [0.05, 0.1) is 0 Å². The Morgan fingerprint density at radius 2 is 1.70 bits per heavy atom. The van der Waals surface area contributed by atoms with E-state index in [1.165, 1.54) is 22.5 Å². The molecule has 104 valence electrons. The van der Waals surface area contributed by atoms with Crippen LogP contribution in [0.3, 0.4) is 0 Å². The van der Waals surface area contributed by atoms with Crippen LogP contribution in [0.15, 0.2) is 42.5 Å². The molecule has 0 saturated carbocycles. The normalized spacial score (nSPS) is 16.9. The summed E-state index contributed by atoms with van der Waals surface area (Å²) in [7, 11) is 4.11. The van der Waals surface area contributed by atoms with E-state index in [2.05, 4.69) is 60.7 Å². The lowest BCUT2D eigenvalue weighted by Crippen LogP contribution is -2.19. The van der Waals surface area contributed by atoms with Crippen LogP contribution in [-0.4, -0.2) is 20.1 Å². The molecule has 2 nitrogen and oxygen atoms in total. The van der Waals surface area contributed by atoms with Crippen molar-refractivity contribution in [3.63, 3.8) is 0 Å². The lowest BCUT2D eigenvalue weighted by Gasteiger charge is -2.16. The molecule has 0 fully saturated rings. The minimum atomic E-state index is 0.466. The highest BCUT2D eigenvalue weighted by atomic mass is 35.5. The molecule has 1 N–H and O–H groups in total. The first-order valence-electron chi connectivity index (χ1n) is 6.93. The fourth-order valence-corrected chi connectivity index (χ4v) is 2.97. The summed E-state index contributed by atoms with van der Waals surface area (Å²) in [6, 6.07) is 15.3. The molecule has 0 amide bonds. The second-order valence-corrected chi connectivity index (χ2v) is 6.04. The lowest BCUT2D eigenvalue weighted by atomic mass is 10.1. The van der Waals surface area contributed by atoms with Crippen LogP contribution in [0, 0.1) is 0 Å². The van der Waals surface area contributed by atoms with Gasteiger partial charge in [-0.1, -0.05) is 17.7 Å². The highest BCUT2D eigenvalue weighted by Crippen LogP contribution is 2.27. The predicted molar refractivity (Wildman–Crippen MR) is 87.0 cm³/mol. The van der Waals surface area contributed by atoms with E-state index in [0.29, 0.717) is 6.04 Å². The van der Waals surface area contributed by atoms with Gasteiger partial charge in [0.25, 0.3) is 0 Å². The van der Waals surface area contributed by atoms with E-state index < -0.39 is 0 Å². The molecule has 0 saturated heterocycles. The Labute approximate surface area is 125 Å². The van der Waals surface area contributed by atoms with Crippen LogP contribution in [0.5, 0.6) is 0 Å². The zero-order chi connectivity index (χ0) is 14.1. The zero-order valence-corrected chi connectivity index (χ0v) is 12.6. The van der Waals surface area contributed by atoms with Gasteiger partial charge in [0, 0.05) is 36.5 Å². The van der Waals surface area contributed by atoms with Crippen molar-refractivity contribution in [2.45, 2.75) is 18.9 Å². The number of nitrogens with zero attached hydrogens (tertiary/aromatic N) is 1. The lowest BCUT2D eigenvalue weighted by molar-refractivity contribution is 0.774. The van der Waals surface area contributed by atoms with Gasteiger partial charge in [-0.2, -0.15) is 0 Å². The third kappa shape index (κ3) is 2.75. The van der Waals surface area contributed by atoms with E-state index in [4.69, 9.17) is 11.6 Å². The van der Waals surface area contributed by atoms with Crippen molar-refractivity contribution < 1.29 is 0 Å². The number of rotatable bonds is 3. The third-order valence-corrected chi connectivity index (χ3v) is 4.09. The zero-order valence-electron chi connectivity index (χ0n) is 11.9. The topological polar surface area (TPSA) is 15.3 Å². The molecule has 1 unspecified atom stereocenters. The molecule has 0 aliphatic heterocycles. The second kappa shape index (κ2) is 5.37. The highest BCUT2D eigenvalue weighted by Gasteiger charge is 2.21. The first-order valence-corrected chi connectivity index (χ1v) is 7.31. The maximum atomic E-state index is 6.05. The summed E-state index contributed by atoms with van der Waals surface area (Å²) in [5, 5.41) is 4.44. The number of hydrogen-bond donors (Lipinski definition) is 1. The first kappa shape index (κ1) is 13.3. The monoisotopic (exact) mass is 286 g/mol. The van der Waals surface area contributed by atoms with Crippen molar-refractivity contribution in [2.24, 2.45) is 0 Å². The molecule has 1 aliphatic carbocycles. The number of halogens is 1. The molecule has 3 rings (SSSR count). The van der Waals surface area contributed by atoms with Gasteiger partial charge in [-0.05, 0) is 60.4 Å². The van der Waals surface area contributed by atoms with Gasteiger partial charge in [0.2, 0.25) is 0 Å². The van der Waals surface area contributed by atoms with Gasteiger partial charge in [-0.15, -0.1) is 0 Å². The van der Waals surface area contributed by atoms with Crippen LogP contribution in [-0.2, 0) is 12.8 Å². The van der Waals surface area contributed by atoms with Crippen molar-refractivity contribution in [1.29, 1.82) is 0 Å². The summed E-state index contributed by atoms with van der Waals surface area (Å²) in [6.07, 6.45) is 2.12. The van der Waals surface area contributed by atoms with Crippen molar-refractivity contribution in [3.05, 3.63) is 58.6 Å². The molecule has 0 bridgehead atoms. The Bertz CT molecular complexity index is 605. The molecule has 0 aromatic heterocycles. The van der Waals surface area contributed by atoms with E-state index in [9.17, 15) is 0 Å². The predicted octanol–water partition coefficient (Wildman–Crippen LogP) is 3.99. The Kier molecular flexibility index (Phi) is 3.58. The van der Waals surface area contributed by atoms with E-state index in [0.717, 1.165) is 17.9 Å². The Balaban J connectivity index is 1.68. The largest absolute Gasteiger partial charge is 0.382 e. The molecule has 1 aliphatic rings. The third-order valence-electron chi connectivity index (χ3n) is 3.86. The van der Waals surface area contributed by atoms with Crippen LogP contribution in [0.4, 0.5) is 11.4 Å². The van der Waals surface area contributed by atoms with E-state index in [1.807, 2.05) is 6.07 Å². The molecule has 2 aromatic carbocycles. The standard InChI is InChI=1S/C17H19ClN2/c1-20(2)17-7-5-15(6-8-17)19-16-10-12-3-4-14(18)9-13(12)11-16/h3-9,16,19H,10-11H2,1-2H3. The molecular formula is C17H19ClN2. The smallest absolute Gasteiger partial charge is 0.0408 e. The molecule has 3 heteroatoms. The van der Waals surface area contributed by atoms with Crippen LogP contribution >= 0.6 is 11.6 Å². The van der Waals surface area contributed by atoms with Crippen LogP contribution in [0.1, 0.15) is 11.1 Å². The van der Waals surface area contributed by atoms with Gasteiger partial charge < -0.3 is 10.2 Å². The summed E-state index contributed by atoms with van der Waals surface area (Å²) in [5.74, 6) is 0. The number of benzene rings is 2. The van der Waals surface area contributed by atoms with Crippen LogP contribution < -0.4 is 10.2 Å². The fraction of sp³-hybridized carbons (Fsp3) is 0.294. The summed E-state index contributed by atoms with van der Waals surface area (Å²) < 4.78 is 0. The summed E-state index contributed by atoms with van der Waals surface area (Å²) in [4.78, 5) is 2.11. The number of nitrogens with one attached hydrogen (secondary N) is 1. The Hall–Kier alpha value is -1.67. The average molecular weight is 287 g/mol. The minimum absolute atomic E-state index is 0.466. The number of fused-ring (bicyclic) bond motifs is 1. The van der Waals surface area contributed by atoms with Crippen LogP contribution in [0.25, 0.3) is 0 Å². The van der Waals surface area contributed by atoms with Crippen LogP contribution in [0.2, 0.25) is 5.02 Å². The second-order valence-electron chi connectivity index (χ2n) is 5.60. The Morgan fingerprint density at radius 1 is 1.00 bits per heavy atom. The van der Waals surface area contributed by atoms with E-state index >= 15 is 0 Å². The highest BCUT2D eigenvalue weighted by molar-refractivity contribution is 6.30. The Morgan fingerprint density at radius 3 is 2.40 bits per heavy atom. The maximum Gasteiger partial charge on any atom is 0.0408 e. The van der Waals surface area contributed by atoms with E-state index in [-0.39, 0.29) is 0 Å². The number of hydrogen-bond acceptors (Lipinski definition) is 2. The maximum absolute atomic E-state index is 6.05. The molecule has 2 aromatic rings. The van der Waals surface area contributed by atoms with Gasteiger partial charge in [-0.3, -0.25) is 0 Å². The molecule has 0 heterocycles. The molecule has 0 radical (unpaired) electrons. The van der Waals surface area contributed by atoms with Crippen molar-refractivity contribution in [2.75, 3.05) is 24.3 Å². The van der Waals surface area contributed by atoms with Gasteiger partial charge in [0.15, 0.2) is 0 Å². The molecular weight excluding hydrogens is 268 g/mol. The summed E-state index contributed by atoms with van der Waals surface area (Å²) in [6.45, 7) is 0. The van der Waals surface area contributed by atoms with Crippen molar-refractivity contribution in [3.8, 4) is 0 Å². The molecule has 20 heavy (non-hydrogen) atoms. The summed E-state index contributed by atoms with van der Waals surface area (Å²) >= 11 is 6.05. The number of anilines is 2. The summed E-state index contributed by atoms with van der Waals surface area (Å²) in [5.41, 5.74) is 5.19. The minimum Gasteiger partial charge on any atom is -0.382 e. The van der Waals surface area contributed by atoms with Gasteiger partial charge in [-0.25, -0.2) is 0 Å². The van der Waals surface area contributed by atoms with Crippen molar-refractivity contribution >= 4 is 23.0 Å². The average Bonchev–Trinajstić information content (AvgIpc) is 2.80. The SMILES string of the molecule is CN(C)c1ccc(NC2Cc3ccc(Cl)cc3C2)cc1. The fourth-order valence-electron chi connectivity index (χ4n) is 2.78. The van der Waals surface area contributed by atoms with Gasteiger partial charge in [0.1, 0.15) is 0 Å². The molecule has 0 spiro atoms. The first-order chi connectivity index (χ1) is 9.61.